The van der Waals surface area contributed by atoms with Crippen LogP contribution in [-0.2, 0) is 19.3 Å². The molecular formula is C25H26N4. The van der Waals surface area contributed by atoms with Gasteiger partial charge in [0.15, 0.2) is 0 Å². The van der Waals surface area contributed by atoms with Gasteiger partial charge in [-0.15, -0.1) is 0 Å². The third-order valence-corrected chi connectivity index (χ3v) is 5.80. The molecule has 4 heteroatoms. The number of aromatic nitrogens is 2. The van der Waals surface area contributed by atoms with Gasteiger partial charge in [-0.25, -0.2) is 0 Å². The van der Waals surface area contributed by atoms with Crippen molar-refractivity contribution in [1.82, 2.24) is 9.97 Å². The maximum atomic E-state index is 4.56. The topological polar surface area (TPSA) is 52.7 Å². The minimum Gasteiger partial charge on any atom is -0.385 e. The number of aryl methyl sites for hydroxylation is 1. The third kappa shape index (κ3) is 3.83. The van der Waals surface area contributed by atoms with Crippen LogP contribution in [0.15, 0.2) is 67.0 Å². The predicted octanol–water partition coefficient (Wildman–Crippen LogP) is 5.84. The van der Waals surface area contributed by atoms with Crippen LogP contribution in [0.5, 0.6) is 0 Å². The summed E-state index contributed by atoms with van der Waals surface area (Å²) in [5.41, 5.74) is 8.68. The molecule has 0 spiro atoms. The van der Waals surface area contributed by atoms with E-state index in [0.29, 0.717) is 0 Å². The number of benzene rings is 2. The highest BCUT2D eigenvalue weighted by Gasteiger charge is 2.14. The van der Waals surface area contributed by atoms with Crippen molar-refractivity contribution in [3.8, 4) is 0 Å². The van der Waals surface area contributed by atoms with E-state index in [9.17, 15) is 0 Å². The minimum absolute atomic E-state index is 0.909. The largest absolute Gasteiger partial charge is 0.385 e. The SMILES string of the molecule is c1ccc2c(CCNc3ccc(Nc4ccnc5c4CCCC5)cc3)c[nH]c2c1. The zero-order valence-corrected chi connectivity index (χ0v) is 16.5. The first-order valence-corrected chi connectivity index (χ1v) is 10.5. The van der Waals surface area contributed by atoms with Gasteiger partial charge in [0.25, 0.3) is 0 Å². The number of pyridine rings is 1. The molecule has 0 amide bonds. The van der Waals surface area contributed by atoms with E-state index < -0.39 is 0 Å². The molecule has 1 aliphatic rings. The lowest BCUT2D eigenvalue weighted by Gasteiger charge is -2.19. The van der Waals surface area contributed by atoms with E-state index in [0.717, 1.165) is 37.2 Å². The smallest absolute Gasteiger partial charge is 0.0456 e. The van der Waals surface area contributed by atoms with Gasteiger partial charge in [-0.1, -0.05) is 18.2 Å². The number of H-pyrrole nitrogens is 1. The van der Waals surface area contributed by atoms with Crippen LogP contribution in [-0.4, -0.2) is 16.5 Å². The number of hydrogen-bond acceptors (Lipinski definition) is 3. The number of anilines is 3. The Balaban J connectivity index is 1.21. The van der Waals surface area contributed by atoms with Crippen molar-refractivity contribution < 1.29 is 0 Å². The van der Waals surface area contributed by atoms with Crippen LogP contribution in [0.4, 0.5) is 17.1 Å². The van der Waals surface area contributed by atoms with Crippen molar-refractivity contribution in [3.63, 3.8) is 0 Å². The average Bonchev–Trinajstić information content (AvgIpc) is 3.18. The van der Waals surface area contributed by atoms with Crippen LogP contribution < -0.4 is 10.6 Å². The second-order valence-electron chi connectivity index (χ2n) is 7.73. The molecule has 0 unspecified atom stereocenters. The number of aromatic amines is 1. The normalized spacial score (nSPS) is 13.2. The Kier molecular flexibility index (Phi) is 4.91. The first kappa shape index (κ1) is 17.8. The van der Waals surface area contributed by atoms with Gasteiger partial charge in [0.05, 0.1) is 0 Å². The first-order chi connectivity index (χ1) is 14.4. The number of nitrogens with one attached hydrogen (secondary N) is 3. The maximum absolute atomic E-state index is 4.56. The fraction of sp³-hybridized carbons (Fsp3) is 0.240. The molecule has 146 valence electrons. The molecule has 0 saturated heterocycles. The Morgan fingerprint density at radius 2 is 1.72 bits per heavy atom. The molecule has 29 heavy (non-hydrogen) atoms. The van der Waals surface area contributed by atoms with Crippen LogP contribution in [0.3, 0.4) is 0 Å². The second kappa shape index (κ2) is 8.00. The molecule has 0 aliphatic heterocycles. The fourth-order valence-electron chi connectivity index (χ4n) is 4.25. The average molecular weight is 383 g/mol. The van der Waals surface area contributed by atoms with Crippen LogP contribution in [0.2, 0.25) is 0 Å². The van der Waals surface area contributed by atoms with E-state index in [2.05, 4.69) is 81.4 Å². The summed E-state index contributed by atoms with van der Waals surface area (Å²) in [5, 5.41) is 8.44. The Labute approximate surface area is 171 Å². The molecule has 5 rings (SSSR count). The molecule has 2 heterocycles. The Hall–Kier alpha value is -3.27. The Bertz CT molecular complexity index is 1110. The number of rotatable bonds is 6. The molecule has 2 aromatic heterocycles. The monoisotopic (exact) mass is 382 g/mol. The number of para-hydroxylation sites is 1. The Morgan fingerprint density at radius 3 is 2.66 bits per heavy atom. The lowest BCUT2D eigenvalue weighted by atomic mass is 9.95. The molecule has 2 aromatic carbocycles. The lowest BCUT2D eigenvalue weighted by molar-refractivity contribution is 0.669. The van der Waals surface area contributed by atoms with E-state index in [-0.39, 0.29) is 0 Å². The van der Waals surface area contributed by atoms with Crippen LogP contribution in [0.25, 0.3) is 10.9 Å². The summed E-state index contributed by atoms with van der Waals surface area (Å²) in [6, 6.07) is 19.1. The maximum Gasteiger partial charge on any atom is 0.0456 e. The molecular weight excluding hydrogens is 356 g/mol. The number of nitrogens with zero attached hydrogens (tertiary/aromatic N) is 1. The summed E-state index contributed by atoms with van der Waals surface area (Å²) >= 11 is 0. The Morgan fingerprint density at radius 1 is 0.897 bits per heavy atom. The van der Waals surface area contributed by atoms with Gasteiger partial charge in [-0.05, 0) is 79.6 Å². The summed E-state index contributed by atoms with van der Waals surface area (Å²) < 4.78 is 0. The van der Waals surface area contributed by atoms with Crippen LogP contribution in [0, 0.1) is 0 Å². The predicted molar refractivity (Wildman–Crippen MR) is 121 cm³/mol. The van der Waals surface area contributed by atoms with E-state index >= 15 is 0 Å². The molecule has 1 aliphatic carbocycles. The van der Waals surface area contributed by atoms with E-state index in [4.69, 9.17) is 0 Å². The van der Waals surface area contributed by atoms with Crippen LogP contribution in [0.1, 0.15) is 29.7 Å². The summed E-state index contributed by atoms with van der Waals surface area (Å²) in [5.74, 6) is 0. The van der Waals surface area contributed by atoms with Crippen molar-refractivity contribution >= 4 is 28.0 Å². The van der Waals surface area contributed by atoms with Crippen LogP contribution >= 0.6 is 0 Å². The van der Waals surface area contributed by atoms with Crippen molar-refractivity contribution in [3.05, 3.63) is 83.8 Å². The van der Waals surface area contributed by atoms with Crippen molar-refractivity contribution in [2.24, 2.45) is 0 Å². The van der Waals surface area contributed by atoms with Gasteiger partial charge in [-0.2, -0.15) is 0 Å². The number of fused-ring (bicyclic) bond motifs is 2. The van der Waals surface area contributed by atoms with Gasteiger partial charge < -0.3 is 15.6 Å². The molecule has 0 radical (unpaired) electrons. The molecule has 4 aromatic rings. The minimum atomic E-state index is 0.909. The van der Waals surface area contributed by atoms with Gasteiger partial charge in [0.2, 0.25) is 0 Å². The van der Waals surface area contributed by atoms with Gasteiger partial charge >= 0.3 is 0 Å². The molecule has 0 saturated carbocycles. The van der Waals surface area contributed by atoms with E-state index in [1.54, 1.807) is 0 Å². The van der Waals surface area contributed by atoms with E-state index in [1.807, 2.05) is 6.20 Å². The second-order valence-corrected chi connectivity index (χ2v) is 7.73. The fourth-order valence-corrected chi connectivity index (χ4v) is 4.25. The van der Waals surface area contributed by atoms with Crippen molar-refractivity contribution in [1.29, 1.82) is 0 Å². The van der Waals surface area contributed by atoms with Crippen molar-refractivity contribution in [2.75, 3.05) is 17.2 Å². The third-order valence-electron chi connectivity index (χ3n) is 5.80. The lowest BCUT2D eigenvalue weighted by Crippen LogP contribution is -2.08. The van der Waals surface area contributed by atoms with Gasteiger partial charge in [-0.3, -0.25) is 4.98 Å². The summed E-state index contributed by atoms with van der Waals surface area (Å²) in [7, 11) is 0. The quantitative estimate of drug-likeness (QED) is 0.393. The first-order valence-electron chi connectivity index (χ1n) is 10.5. The zero-order valence-electron chi connectivity index (χ0n) is 16.5. The zero-order chi connectivity index (χ0) is 19.5. The highest BCUT2D eigenvalue weighted by atomic mass is 14.9. The summed E-state index contributed by atoms with van der Waals surface area (Å²) in [6.07, 6.45) is 9.77. The summed E-state index contributed by atoms with van der Waals surface area (Å²) in [4.78, 5) is 7.91. The molecule has 0 fully saturated rings. The standard InChI is InChI=1S/C25H26N4/c1-3-7-23-21(5-1)18(17-28-23)13-15-26-19-9-11-20(12-10-19)29-25-14-16-27-24-8-4-2-6-22(24)25/h1,3,5,7,9-12,14,16-17,26,28H,2,4,6,8,13,15H2,(H,27,29). The van der Waals surface area contributed by atoms with Gasteiger partial charge in [0.1, 0.15) is 0 Å². The highest BCUT2D eigenvalue weighted by Crippen LogP contribution is 2.29. The summed E-state index contributed by atoms with van der Waals surface area (Å²) in [6.45, 7) is 0.909. The van der Waals surface area contributed by atoms with E-state index in [1.165, 1.54) is 46.3 Å². The molecule has 0 bridgehead atoms. The number of hydrogen-bond donors (Lipinski definition) is 3. The highest BCUT2D eigenvalue weighted by molar-refractivity contribution is 5.83. The van der Waals surface area contributed by atoms with Gasteiger partial charge in [0, 0.05) is 52.6 Å². The van der Waals surface area contributed by atoms with Crippen molar-refractivity contribution in [2.45, 2.75) is 32.1 Å². The molecule has 4 nitrogen and oxygen atoms in total. The molecule has 3 N–H and O–H groups in total. The molecule has 0 atom stereocenters.